The molecule has 2 nitrogen and oxygen atoms in total. The van der Waals surface area contributed by atoms with E-state index in [2.05, 4.69) is 19.1 Å². The monoisotopic (exact) mass is 390 g/mol. The maximum absolute atomic E-state index is 10.3. The van der Waals surface area contributed by atoms with Gasteiger partial charge in [0.05, 0.1) is 0 Å². The van der Waals surface area contributed by atoms with Gasteiger partial charge in [-0.05, 0) is 25.7 Å². The quantitative estimate of drug-likeness (QED) is 0.416. The van der Waals surface area contributed by atoms with Crippen molar-refractivity contribution in [3.63, 3.8) is 0 Å². The Morgan fingerprint density at radius 1 is 0.941 bits per heavy atom. The second kappa shape index (κ2) is 16.5. The first-order valence-corrected chi connectivity index (χ1v) is 6.64. The van der Waals surface area contributed by atoms with Crippen molar-refractivity contribution < 1.29 is 48.1 Å². The van der Waals surface area contributed by atoms with Crippen LogP contribution in [0.5, 0.6) is 0 Å². The molecule has 0 aromatic heterocycles. The predicted octanol–water partition coefficient (Wildman–Crippen LogP) is 4.55. The van der Waals surface area contributed by atoms with Gasteiger partial charge in [0.2, 0.25) is 0 Å². The van der Waals surface area contributed by atoms with Crippen LogP contribution >= 0.6 is 0 Å². The first-order chi connectivity index (χ1) is 7.77. The minimum Gasteiger partial charge on any atom is -0.481 e. The predicted molar refractivity (Wildman–Crippen MR) is 68.6 cm³/mol. The Hall–Kier alpha value is 0.483. The molecule has 0 amide bonds. The third-order valence-electron chi connectivity index (χ3n) is 2.65. The van der Waals surface area contributed by atoms with Gasteiger partial charge in [-0.3, -0.25) is 4.79 Å². The molecule has 0 aliphatic rings. The zero-order chi connectivity index (χ0) is 12.1. The Morgan fingerprint density at radius 3 is 2.06 bits per heavy atom. The van der Waals surface area contributed by atoms with Crippen molar-refractivity contribution >= 4 is 5.97 Å². The Bertz CT molecular complexity index is 191. The van der Waals surface area contributed by atoms with Gasteiger partial charge in [0, 0.05) is 44.6 Å². The fourth-order valence-electron chi connectivity index (χ4n) is 1.63. The molecule has 0 radical (unpaired) electrons. The van der Waals surface area contributed by atoms with Crippen LogP contribution < -0.4 is 0 Å². The molecule has 0 aromatic rings. The van der Waals surface area contributed by atoms with Gasteiger partial charge < -0.3 is 5.11 Å². The minimum atomic E-state index is -0.668. The molecule has 0 saturated carbocycles. The summed E-state index contributed by atoms with van der Waals surface area (Å²) in [6, 6.07) is 0. The summed E-state index contributed by atoms with van der Waals surface area (Å²) in [6.45, 7) is 2.21. The molecule has 0 saturated heterocycles. The molecule has 3 heteroatoms. The fourth-order valence-corrected chi connectivity index (χ4v) is 1.63. The van der Waals surface area contributed by atoms with Gasteiger partial charge >= 0.3 is 5.97 Å². The molecule has 0 bridgehead atoms. The molecule has 0 unspecified atom stereocenters. The van der Waals surface area contributed by atoms with Crippen molar-refractivity contribution in [3.05, 3.63) is 12.2 Å². The third-order valence-corrected chi connectivity index (χ3v) is 2.65. The smallest absolute Gasteiger partial charge is 0.303 e. The van der Waals surface area contributed by atoms with Crippen LogP contribution in [0.4, 0.5) is 0 Å². The molecule has 0 fully saturated rings. The minimum absolute atomic E-state index is 0. The Labute approximate surface area is 136 Å². The summed E-state index contributed by atoms with van der Waals surface area (Å²) in [5, 5.41) is 8.45. The number of rotatable bonds is 11. The number of carbonyl (C=O) groups is 1. The Balaban J connectivity index is 0. The standard InChI is InChI=1S/C14H26O2.Dy/c1-2-3-4-5-6-7-8-9-10-11-12-13-14(15)16;/h5-6H,2-4,7-13H2,1H3,(H,15,16);/b6-5-;. The molecule has 0 aliphatic heterocycles. The van der Waals surface area contributed by atoms with Gasteiger partial charge in [0.1, 0.15) is 0 Å². The molecule has 0 rings (SSSR count). The van der Waals surface area contributed by atoms with Crippen LogP contribution in [0, 0.1) is 38.2 Å². The van der Waals surface area contributed by atoms with E-state index in [-0.39, 0.29) is 38.2 Å². The zero-order valence-corrected chi connectivity index (χ0v) is 12.9. The number of carboxylic acid groups (broad SMARTS) is 1. The zero-order valence-electron chi connectivity index (χ0n) is 10.9. The van der Waals surface area contributed by atoms with Gasteiger partial charge in [-0.15, -0.1) is 0 Å². The number of allylic oxidation sites excluding steroid dienone is 2. The van der Waals surface area contributed by atoms with E-state index in [0.29, 0.717) is 6.42 Å². The van der Waals surface area contributed by atoms with E-state index in [9.17, 15) is 4.79 Å². The molecule has 0 aromatic carbocycles. The summed E-state index contributed by atoms with van der Waals surface area (Å²) in [5.41, 5.74) is 0. The summed E-state index contributed by atoms with van der Waals surface area (Å²) >= 11 is 0. The number of hydrogen-bond donors (Lipinski definition) is 1. The van der Waals surface area contributed by atoms with Crippen LogP contribution in [0.15, 0.2) is 12.2 Å². The summed E-state index contributed by atoms with van der Waals surface area (Å²) < 4.78 is 0. The van der Waals surface area contributed by atoms with Crippen molar-refractivity contribution in [2.24, 2.45) is 0 Å². The maximum Gasteiger partial charge on any atom is 0.303 e. The molecule has 0 aliphatic carbocycles. The van der Waals surface area contributed by atoms with E-state index in [1.54, 1.807) is 0 Å². The van der Waals surface area contributed by atoms with Gasteiger partial charge in [-0.1, -0.05) is 51.2 Å². The molecule has 0 heterocycles. The van der Waals surface area contributed by atoms with Gasteiger partial charge in [0.25, 0.3) is 0 Å². The fraction of sp³-hybridized carbons (Fsp3) is 0.786. The van der Waals surface area contributed by atoms with E-state index in [1.165, 1.54) is 44.9 Å². The normalized spacial score (nSPS) is 10.4. The molecule has 104 valence electrons. The van der Waals surface area contributed by atoms with Crippen LogP contribution in [-0.2, 0) is 4.79 Å². The Morgan fingerprint density at radius 2 is 1.47 bits per heavy atom. The van der Waals surface area contributed by atoms with Crippen molar-refractivity contribution in [1.29, 1.82) is 0 Å². The first kappa shape index (κ1) is 19.8. The van der Waals surface area contributed by atoms with Crippen LogP contribution in [0.25, 0.3) is 0 Å². The van der Waals surface area contributed by atoms with E-state index in [0.717, 1.165) is 12.8 Å². The molecule has 0 spiro atoms. The number of aliphatic carboxylic acids is 1. The molecule has 0 atom stereocenters. The van der Waals surface area contributed by atoms with Crippen LogP contribution in [0.3, 0.4) is 0 Å². The second-order valence-corrected chi connectivity index (χ2v) is 4.31. The van der Waals surface area contributed by atoms with Crippen LogP contribution in [0.2, 0.25) is 0 Å². The number of carboxylic acids is 1. The Kier molecular flexibility index (Phi) is 19.2. The van der Waals surface area contributed by atoms with Gasteiger partial charge in [-0.2, -0.15) is 0 Å². The van der Waals surface area contributed by atoms with Crippen molar-refractivity contribution in [2.45, 2.75) is 71.1 Å². The summed E-state index contributed by atoms with van der Waals surface area (Å²) in [7, 11) is 0. The SMILES string of the molecule is CCCC/C=C\CCCCCCCC(=O)O.[Dy]. The van der Waals surface area contributed by atoms with E-state index < -0.39 is 5.97 Å². The number of hydrogen-bond acceptors (Lipinski definition) is 1. The van der Waals surface area contributed by atoms with Crippen molar-refractivity contribution in [3.8, 4) is 0 Å². The molecular weight excluding hydrogens is 363 g/mol. The molecule has 1 N–H and O–H groups in total. The van der Waals surface area contributed by atoms with E-state index in [1.807, 2.05) is 0 Å². The summed E-state index contributed by atoms with van der Waals surface area (Å²) in [4.78, 5) is 10.3. The first-order valence-electron chi connectivity index (χ1n) is 6.64. The van der Waals surface area contributed by atoms with Crippen molar-refractivity contribution in [2.75, 3.05) is 0 Å². The van der Waals surface area contributed by atoms with Gasteiger partial charge in [-0.25, -0.2) is 0 Å². The second-order valence-electron chi connectivity index (χ2n) is 4.31. The topological polar surface area (TPSA) is 37.3 Å². The molecular formula is C14H26DyO2. The van der Waals surface area contributed by atoms with Crippen LogP contribution in [0.1, 0.15) is 71.1 Å². The average molecular weight is 389 g/mol. The molecule has 17 heavy (non-hydrogen) atoms. The van der Waals surface area contributed by atoms with Crippen molar-refractivity contribution in [1.82, 2.24) is 0 Å². The third kappa shape index (κ3) is 19.0. The van der Waals surface area contributed by atoms with E-state index in [4.69, 9.17) is 5.11 Å². The average Bonchev–Trinajstić information content (AvgIpc) is 2.25. The summed E-state index contributed by atoms with van der Waals surface area (Å²) in [6.07, 6.45) is 15.4. The van der Waals surface area contributed by atoms with E-state index >= 15 is 0 Å². The van der Waals surface area contributed by atoms with Crippen LogP contribution in [-0.4, -0.2) is 11.1 Å². The number of unbranched alkanes of at least 4 members (excludes halogenated alkanes) is 7. The largest absolute Gasteiger partial charge is 0.481 e. The maximum atomic E-state index is 10.3. The summed E-state index contributed by atoms with van der Waals surface area (Å²) in [5.74, 6) is -0.668. The van der Waals surface area contributed by atoms with Gasteiger partial charge in [0.15, 0.2) is 0 Å².